The Labute approximate surface area is 414 Å². The van der Waals surface area contributed by atoms with Crippen LogP contribution < -0.4 is 0 Å². The highest BCUT2D eigenvalue weighted by Gasteiger charge is 2.46. The molecule has 2 nitrogen and oxygen atoms in total. The molecule has 12 aromatic rings. The average Bonchev–Trinajstić information content (AvgIpc) is 3.76. The van der Waals surface area contributed by atoms with Gasteiger partial charge in [-0.05, 0) is 119 Å². The first-order valence-electron chi connectivity index (χ1n) is 24.4. The van der Waals surface area contributed by atoms with E-state index in [4.69, 9.17) is 9.97 Å². The van der Waals surface area contributed by atoms with Crippen molar-refractivity contribution in [1.82, 2.24) is 9.97 Å². The van der Waals surface area contributed by atoms with E-state index in [1.54, 1.807) is 0 Å². The molecule has 0 unspecified atom stereocenters. The van der Waals surface area contributed by atoms with Crippen LogP contribution in [0.3, 0.4) is 0 Å². The van der Waals surface area contributed by atoms with Crippen LogP contribution in [-0.4, -0.2) is 9.97 Å². The highest BCUT2D eigenvalue weighted by molar-refractivity contribution is 6.05. The molecular formula is C69H46N2. The zero-order valence-electron chi connectivity index (χ0n) is 39.0. The van der Waals surface area contributed by atoms with Gasteiger partial charge >= 0.3 is 0 Å². The van der Waals surface area contributed by atoms with Crippen LogP contribution in [-0.2, 0) is 5.41 Å². The largest absolute Gasteiger partial charge is 0.228 e. The van der Waals surface area contributed by atoms with Crippen molar-refractivity contribution in [3.05, 3.63) is 301 Å². The Morgan fingerprint density at radius 1 is 0.225 bits per heavy atom. The summed E-state index contributed by atoms with van der Waals surface area (Å²) in [6.07, 6.45) is 0. The van der Waals surface area contributed by atoms with E-state index in [1.807, 2.05) is 18.2 Å². The molecule has 1 heterocycles. The smallest absolute Gasteiger partial charge is 0.160 e. The Morgan fingerprint density at radius 3 is 1.31 bits per heavy atom. The predicted octanol–water partition coefficient (Wildman–Crippen LogP) is 17.7. The molecule has 0 fully saturated rings. The molecule has 0 amide bonds. The quantitative estimate of drug-likeness (QED) is 0.144. The summed E-state index contributed by atoms with van der Waals surface area (Å²) in [6.45, 7) is 0. The standard InChI is InChI=1S/C69H46N2/c1-6-20-47(21-7-1)49-34-36-50(37-35-49)66-46-67(71-68(70-66)51-24-10-3-11-25-51)62-40-39-58(59-30-16-17-31-60(59)62)55-43-53(48-22-8-2-9-23-48)42-54(44-55)52-38-41-65-63(45-52)61-32-18-19-33-64(61)69(65,56-26-12-4-13-27-56)57-28-14-5-15-29-57/h1-46H. The Hall–Kier alpha value is -9.24. The summed E-state index contributed by atoms with van der Waals surface area (Å²) in [5.74, 6) is 0.695. The lowest BCUT2D eigenvalue weighted by atomic mass is 9.67. The van der Waals surface area contributed by atoms with Gasteiger partial charge in [0.2, 0.25) is 0 Å². The maximum atomic E-state index is 5.31. The fourth-order valence-corrected chi connectivity index (χ4v) is 11.1. The highest BCUT2D eigenvalue weighted by atomic mass is 14.9. The number of hydrogen-bond donors (Lipinski definition) is 0. The van der Waals surface area contributed by atoms with E-state index >= 15 is 0 Å². The van der Waals surface area contributed by atoms with Crippen LogP contribution in [0, 0.1) is 0 Å². The zero-order chi connectivity index (χ0) is 47.1. The maximum absolute atomic E-state index is 5.31. The molecule has 0 bridgehead atoms. The molecule has 13 rings (SSSR count). The Morgan fingerprint density at radius 2 is 0.662 bits per heavy atom. The van der Waals surface area contributed by atoms with E-state index in [0.717, 1.165) is 55.5 Å². The first-order valence-corrected chi connectivity index (χ1v) is 24.4. The zero-order valence-corrected chi connectivity index (χ0v) is 39.0. The maximum Gasteiger partial charge on any atom is 0.160 e. The van der Waals surface area contributed by atoms with Crippen molar-refractivity contribution in [1.29, 1.82) is 0 Å². The summed E-state index contributed by atoms with van der Waals surface area (Å²) in [6, 6.07) is 101. The van der Waals surface area contributed by atoms with Gasteiger partial charge in [0.25, 0.3) is 0 Å². The summed E-state index contributed by atoms with van der Waals surface area (Å²) in [4.78, 5) is 10.5. The van der Waals surface area contributed by atoms with Crippen molar-refractivity contribution in [2.24, 2.45) is 0 Å². The third kappa shape index (κ3) is 7.37. The Kier molecular flexibility index (Phi) is 10.4. The summed E-state index contributed by atoms with van der Waals surface area (Å²) in [5, 5.41) is 2.29. The van der Waals surface area contributed by atoms with Crippen LogP contribution >= 0.6 is 0 Å². The van der Waals surface area contributed by atoms with Gasteiger partial charge in [0.1, 0.15) is 0 Å². The van der Waals surface area contributed by atoms with Crippen LogP contribution in [0.15, 0.2) is 279 Å². The Bertz CT molecular complexity index is 3850. The summed E-state index contributed by atoms with van der Waals surface area (Å²) < 4.78 is 0. The van der Waals surface area contributed by atoms with E-state index in [-0.39, 0.29) is 0 Å². The summed E-state index contributed by atoms with van der Waals surface area (Å²) in [7, 11) is 0. The minimum absolute atomic E-state index is 0.454. The van der Waals surface area contributed by atoms with Gasteiger partial charge in [-0.3, -0.25) is 0 Å². The van der Waals surface area contributed by atoms with E-state index < -0.39 is 5.41 Å². The van der Waals surface area contributed by atoms with Gasteiger partial charge in [0.15, 0.2) is 5.82 Å². The predicted molar refractivity (Wildman–Crippen MR) is 295 cm³/mol. The molecule has 0 atom stereocenters. The molecule has 0 saturated heterocycles. The molecule has 71 heavy (non-hydrogen) atoms. The van der Waals surface area contributed by atoms with E-state index in [0.29, 0.717) is 5.82 Å². The number of benzene rings is 11. The minimum Gasteiger partial charge on any atom is -0.228 e. The van der Waals surface area contributed by atoms with Crippen LogP contribution in [0.5, 0.6) is 0 Å². The SMILES string of the molecule is c1ccc(-c2ccc(-c3cc(-c4ccc(-c5cc(-c6ccccc6)cc(-c6ccc7c(c6)-c6ccccc6C7(c6ccccc6)c6ccccc6)c5)c5ccccc45)nc(-c4ccccc4)n3)cc2)cc1. The van der Waals surface area contributed by atoms with Crippen LogP contribution in [0.25, 0.3) is 100 Å². The molecule has 2 heteroatoms. The lowest BCUT2D eigenvalue weighted by molar-refractivity contribution is 0.768. The molecule has 0 radical (unpaired) electrons. The number of fused-ring (bicyclic) bond motifs is 4. The molecule has 0 spiro atoms. The topological polar surface area (TPSA) is 25.8 Å². The first kappa shape index (κ1) is 41.9. The van der Waals surface area contributed by atoms with Gasteiger partial charge < -0.3 is 0 Å². The van der Waals surface area contributed by atoms with E-state index in [1.165, 1.54) is 61.2 Å². The third-order valence-corrected chi connectivity index (χ3v) is 14.4. The van der Waals surface area contributed by atoms with Crippen molar-refractivity contribution in [2.75, 3.05) is 0 Å². The normalized spacial score (nSPS) is 12.3. The number of nitrogens with zero attached hydrogens (tertiary/aromatic N) is 2. The molecule has 11 aromatic carbocycles. The third-order valence-electron chi connectivity index (χ3n) is 14.4. The molecule has 0 N–H and O–H groups in total. The van der Waals surface area contributed by atoms with Crippen molar-refractivity contribution in [3.63, 3.8) is 0 Å². The summed E-state index contributed by atoms with van der Waals surface area (Å²) in [5.41, 5.74) is 21.4. The van der Waals surface area contributed by atoms with Crippen LogP contribution in [0.1, 0.15) is 22.3 Å². The van der Waals surface area contributed by atoms with Crippen LogP contribution in [0.2, 0.25) is 0 Å². The second-order valence-electron chi connectivity index (χ2n) is 18.4. The number of rotatable bonds is 9. The van der Waals surface area contributed by atoms with Crippen molar-refractivity contribution < 1.29 is 0 Å². The molecule has 1 aromatic heterocycles. The minimum atomic E-state index is -0.454. The van der Waals surface area contributed by atoms with Crippen molar-refractivity contribution in [3.8, 4) is 89.5 Å². The van der Waals surface area contributed by atoms with Crippen LogP contribution in [0.4, 0.5) is 0 Å². The van der Waals surface area contributed by atoms with Gasteiger partial charge in [-0.25, -0.2) is 9.97 Å². The molecular weight excluding hydrogens is 857 g/mol. The van der Waals surface area contributed by atoms with Gasteiger partial charge in [-0.2, -0.15) is 0 Å². The molecule has 0 saturated carbocycles. The lowest BCUT2D eigenvalue weighted by Gasteiger charge is -2.33. The number of hydrogen-bond acceptors (Lipinski definition) is 2. The second-order valence-corrected chi connectivity index (χ2v) is 18.4. The number of aromatic nitrogens is 2. The molecule has 332 valence electrons. The van der Waals surface area contributed by atoms with E-state index in [9.17, 15) is 0 Å². The summed E-state index contributed by atoms with van der Waals surface area (Å²) >= 11 is 0. The Balaban J connectivity index is 0.965. The fraction of sp³-hybridized carbons (Fsp3) is 0.0145. The first-order chi connectivity index (χ1) is 35.2. The molecule has 1 aliphatic carbocycles. The van der Waals surface area contributed by atoms with Crippen molar-refractivity contribution >= 4 is 10.8 Å². The average molecular weight is 903 g/mol. The van der Waals surface area contributed by atoms with Gasteiger partial charge in [-0.1, -0.05) is 249 Å². The van der Waals surface area contributed by atoms with Gasteiger partial charge in [0, 0.05) is 16.7 Å². The van der Waals surface area contributed by atoms with Gasteiger partial charge in [-0.15, -0.1) is 0 Å². The van der Waals surface area contributed by atoms with E-state index in [2.05, 4.69) is 261 Å². The highest BCUT2D eigenvalue weighted by Crippen LogP contribution is 2.57. The molecule has 1 aliphatic rings. The van der Waals surface area contributed by atoms with Gasteiger partial charge in [0.05, 0.1) is 16.8 Å². The molecule has 0 aliphatic heterocycles. The lowest BCUT2D eigenvalue weighted by Crippen LogP contribution is -2.28. The monoisotopic (exact) mass is 902 g/mol. The van der Waals surface area contributed by atoms with Crippen molar-refractivity contribution in [2.45, 2.75) is 5.41 Å². The second kappa shape index (κ2) is 17.7. The fourth-order valence-electron chi connectivity index (χ4n) is 11.1.